The molecule has 0 radical (unpaired) electrons. The second kappa shape index (κ2) is 8.35. The number of benzene rings is 1. The van der Waals surface area contributed by atoms with Gasteiger partial charge in [0, 0.05) is 30.3 Å². The van der Waals surface area contributed by atoms with Crippen molar-refractivity contribution in [3.8, 4) is 11.5 Å². The van der Waals surface area contributed by atoms with Crippen LogP contribution in [0.25, 0.3) is 0 Å². The Hall–Kier alpha value is -1.36. The third-order valence-corrected chi connectivity index (χ3v) is 5.64. The molecular weight excluding hydrogens is 334 g/mol. The molecule has 140 valence electrons. The average molecular weight is 366 g/mol. The minimum atomic E-state index is 0.0233. The van der Waals surface area contributed by atoms with Crippen LogP contribution in [0.3, 0.4) is 0 Å². The maximum Gasteiger partial charge on any atom is 0.224 e. The van der Waals surface area contributed by atoms with Crippen LogP contribution in [0, 0.1) is 11.3 Å². The van der Waals surface area contributed by atoms with Gasteiger partial charge >= 0.3 is 0 Å². The molecule has 2 unspecified atom stereocenters. The summed E-state index contributed by atoms with van der Waals surface area (Å²) in [6.45, 7) is 9.65. The van der Waals surface area contributed by atoms with Crippen molar-refractivity contribution < 1.29 is 14.3 Å². The SMILES string of the molecule is COc1ccc(C2SCCN2C(=O)CC(C)CC(C)(C)C)c(OC)c1. The number of thioether (sulfide) groups is 1. The molecule has 4 nitrogen and oxygen atoms in total. The first kappa shape index (κ1) is 20.0. The highest BCUT2D eigenvalue weighted by Gasteiger charge is 2.33. The van der Waals surface area contributed by atoms with E-state index in [1.807, 2.05) is 23.1 Å². The van der Waals surface area contributed by atoms with Crippen LogP contribution in [0.4, 0.5) is 0 Å². The number of carbonyl (C=O) groups is 1. The number of methoxy groups -OCH3 is 2. The second-order valence-electron chi connectivity index (χ2n) is 7.99. The maximum atomic E-state index is 12.9. The van der Waals surface area contributed by atoms with E-state index in [-0.39, 0.29) is 16.7 Å². The van der Waals surface area contributed by atoms with Crippen LogP contribution in [0.15, 0.2) is 18.2 Å². The van der Waals surface area contributed by atoms with E-state index in [0.717, 1.165) is 35.8 Å². The summed E-state index contributed by atoms with van der Waals surface area (Å²) in [5, 5.41) is 0.0233. The molecular formula is C20H31NO3S. The summed E-state index contributed by atoms with van der Waals surface area (Å²) >= 11 is 1.80. The Morgan fingerprint density at radius 1 is 1.32 bits per heavy atom. The highest BCUT2D eigenvalue weighted by Crippen LogP contribution is 2.43. The van der Waals surface area contributed by atoms with E-state index >= 15 is 0 Å². The third-order valence-electron chi connectivity index (χ3n) is 4.40. The quantitative estimate of drug-likeness (QED) is 0.730. The third kappa shape index (κ3) is 5.30. The Kier molecular flexibility index (Phi) is 6.66. The molecule has 2 atom stereocenters. The monoisotopic (exact) mass is 365 g/mol. The van der Waals surface area contributed by atoms with Crippen molar-refractivity contribution in [3.63, 3.8) is 0 Å². The van der Waals surface area contributed by atoms with E-state index in [1.165, 1.54) is 0 Å². The molecule has 0 spiro atoms. The Morgan fingerprint density at radius 2 is 2.04 bits per heavy atom. The van der Waals surface area contributed by atoms with Gasteiger partial charge in [0.05, 0.1) is 14.2 Å². The molecule has 1 aromatic carbocycles. The first-order chi connectivity index (χ1) is 11.7. The molecule has 0 bridgehead atoms. The van der Waals surface area contributed by atoms with Gasteiger partial charge in [0.15, 0.2) is 0 Å². The van der Waals surface area contributed by atoms with Gasteiger partial charge in [0.1, 0.15) is 16.9 Å². The number of hydrogen-bond acceptors (Lipinski definition) is 4. The predicted molar refractivity (Wildman–Crippen MR) is 104 cm³/mol. The summed E-state index contributed by atoms with van der Waals surface area (Å²) in [5.41, 5.74) is 1.29. The lowest BCUT2D eigenvalue weighted by molar-refractivity contribution is -0.132. The summed E-state index contributed by atoms with van der Waals surface area (Å²) in [4.78, 5) is 14.9. The van der Waals surface area contributed by atoms with Crippen molar-refractivity contribution in [2.45, 2.75) is 45.9 Å². The molecule has 1 fully saturated rings. The van der Waals surface area contributed by atoms with E-state index in [0.29, 0.717) is 12.3 Å². The molecule has 0 aliphatic carbocycles. The number of hydrogen-bond donors (Lipinski definition) is 0. The zero-order valence-electron chi connectivity index (χ0n) is 16.3. The van der Waals surface area contributed by atoms with Crippen LogP contribution in [0.5, 0.6) is 11.5 Å². The normalized spacial score (nSPS) is 19.0. The van der Waals surface area contributed by atoms with E-state index in [1.54, 1.807) is 26.0 Å². The molecule has 0 aromatic heterocycles. The fraction of sp³-hybridized carbons (Fsp3) is 0.650. The minimum Gasteiger partial charge on any atom is -0.497 e. The van der Waals surface area contributed by atoms with Crippen molar-refractivity contribution in [1.29, 1.82) is 0 Å². The average Bonchev–Trinajstić information content (AvgIpc) is 3.01. The Labute approximate surface area is 156 Å². The summed E-state index contributed by atoms with van der Waals surface area (Å²) < 4.78 is 10.8. The second-order valence-corrected chi connectivity index (χ2v) is 9.18. The van der Waals surface area contributed by atoms with Gasteiger partial charge in [-0.05, 0) is 29.9 Å². The molecule has 5 heteroatoms. The lowest BCUT2D eigenvalue weighted by Gasteiger charge is -2.28. The van der Waals surface area contributed by atoms with Crippen molar-refractivity contribution in [2.24, 2.45) is 11.3 Å². The van der Waals surface area contributed by atoms with Crippen molar-refractivity contribution in [2.75, 3.05) is 26.5 Å². The van der Waals surface area contributed by atoms with Gasteiger partial charge in [0.25, 0.3) is 0 Å². The number of ether oxygens (including phenoxy) is 2. The highest BCUT2D eigenvalue weighted by molar-refractivity contribution is 7.99. The van der Waals surface area contributed by atoms with Gasteiger partial charge in [-0.15, -0.1) is 11.8 Å². The van der Waals surface area contributed by atoms with Crippen molar-refractivity contribution in [3.05, 3.63) is 23.8 Å². The molecule has 1 aliphatic rings. The summed E-state index contributed by atoms with van der Waals surface area (Å²) in [7, 11) is 3.31. The lowest BCUT2D eigenvalue weighted by Crippen LogP contribution is -2.32. The van der Waals surface area contributed by atoms with Gasteiger partial charge in [0.2, 0.25) is 5.91 Å². The lowest BCUT2D eigenvalue weighted by atomic mass is 9.84. The van der Waals surface area contributed by atoms with Gasteiger partial charge in [-0.2, -0.15) is 0 Å². The first-order valence-corrected chi connectivity index (χ1v) is 9.93. The standard InChI is InChI=1S/C20H31NO3S/c1-14(13-20(2,3)4)11-18(22)21-9-10-25-19(21)16-8-7-15(23-5)12-17(16)24-6/h7-8,12,14,19H,9-11,13H2,1-6H3. The Morgan fingerprint density at radius 3 is 2.64 bits per heavy atom. The Balaban J connectivity index is 2.13. The molecule has 1 aliphatic heterocycles. The zero-order valence-corrected chi connectivity index (χ0v) is 17.1. The maximum absolute atomic E-state index is 12.9. The molecule has 1 aromatic rings. The van der Waals surface area contributed by atoms with Crippen LogP contribution in [0.1, 0.15) is 51.5 Å². The van der Waals surface area contributed by atoms with Gasteiger partial charge in [-0.25, -0.2) is 0 Å². The summed E-state index contributed by atoms with van der Waals surface area (Å²) in [6.07, 6.45) is 1.66. The van der Waals surface area contributed by atoms with Gasteiger partial charge in [-0.3, -0.25) is 4.79 Å². The van der Waals surface area contributed by atoms with E-state index in [4.69, 9.17) is 9.47 Å². The summed E-state index contributed by atoms with van der Waals surface area (Å²) in [5.74, 6) is 3.12. The summed E-state index contributed by atoms with van der Waals surface area (Å²) in [6, 6.07) is 5.83. The zero-order chi connectivity index (χ0) is 18.6. The fourth-order valence-electron chi connectivity index (χ4n) is 3.54. The predicted octanol–water partition coefficient (Wildman–Crippen LogP) is 4.74. The van der Waals surface area contributed by atoms with Crippen molar-refractivity contribution >= 4 is 17.7 Å². The molecule has 2 rings (SSSR count). The van der Waals surface area contributed by atoms with Crippen LogP contribution < -0.4 is 9.47 Å². The largest absolute Gasteiger partial charge is 0.497 e. The molecule has 0 saturated carbocycles. The fourth-order valence-corrected chi connectivity index (χ4v) is 4.84. The highest BCUT2D eigenvalue weighted by atomic mass is 32.2. The smallest absolute Gasteiger partial charge is 0.224 e. The van der Waals surface area contributed by atoms with Crippen molar-refractivity contribution in [1.82, 2.24) is 4.90 Å². The topological polar surface area (TPSA) is 38.8 Å². The van der Waals surface area contributed by atoms with E-state index in [9.17, 15) is 4.79 Å². The van der Waals surface area contributed by atoms with E-state index in [2.05, 4.69) is 27.7 Å². The van der Waals surface area contributed by atoms with Crippen LogP contribution in [-0.4, -0.2) is 37.3 Å². The molecule has 1 amide bonds. The van der Waals surface area contributed by atoms with Gasteiger partial charge < -0.3 is 14.4 Å². The van der Waals surface area contributed by atoms with E-state index < -0.39 is 0 Å². The van der Waals surface area contributed by atoms with Crippen LogP contribution in [-0.2, 0) is 4.79 Å². The molecule has 1 saturated heterocycles. The number of amides is 1. The minimum absolute atomic E-state index is 0.0233. The molecule has 25 heavy (non-hydrogen) atoms. The molecule has 0 N–H and O–H groups in total. The van der Waals surface area contributed by atoms with Crippen LogP contribution in [0.2, 0.25) is 0 Å². The van der Waals surface area contributed by atoms with Crippen LogP contribution >= 0.6 is 11.8 Å². The number of carbonyl (C=O) groups excluding carboxylic acids is 1. The number of rotatable bonds is 6. The Bertz CT molecular complexity index is 597. The van der Waals surface area contributed by atoms with Gasteiger partial charge in [-0.1, -0.05) is 27.7 Å². The first-order valence-electron chi connectivity index (χ1n) is 8.88. The molecule has 1 heterocycles. The number of nitrogens with zero attached hydrogens (tertiary/aromatic N) is 1.